The van der Waals surface area contributed by atoms with Crippen LogP contribution in [0.1, 0.15) is 5.69 Å². The highest BCUT2D eigenvalue weighted by atomic mass is 32.2. The Morgan fingerprint density at radius 3 is 2.81 bits per heavy atom. The van der Waals surface area contributed by atoms with Crippen molar-refractivity contribution in [3.63, 3.8) is 0 Å². The van der Waals surface area contributed by atoms with Gasteiger partial charge in [-0.2, -0.15) is 0 Å². The van der Waals surface area contributed by atoms with Gasteiger partial charge >= 0.3 is 0 Å². The first-order valence-corrected chi connectivity index (χ1v) is 6.50. The van der Waals surface area contributed by atoms with E-state index in [0.717, 1.165) is 43.0 Å². The van der Waals surface area contributed by atoms with Crippen molar-refractivity contribution in [2.75, 3.05) is 37.5 Å². The number of thioether (sulfide) groups is 1. The van der Waals surface area contributed by atoms with Crippen molar-refractivity contribution in [1.29, 1.82) is 0 Å². The van der Waals surface area contributed by atoms with Crippen LogP contribution >= 0.6 is 11.8 Å². The summed E-state index contributed by atoms with van der Waals surface area (Å²) in [5.74, 6) is 0.774. The number of aromatic nitrogens is 2. The summed E-state index contributed by atoms with van der Waals surface area (Å²) in [6.45, 7) is 3.63. The first-order chi connectivity index (χ1) is 7.83. The molecule has 1 aliphatic heterocycles. The highest BCUT2D eigenvalue weighted by Gasteiger charge is 2.15. The van der Waals surface area contributed by atoms with Gasteiger partial charge in [-0.1, -0.05) is 0 Å². The topological polar surface area (TPSA) is 64.3 Å². The van der Waals surface area contributed by atoms with Crippen molar-refractivity contribution >= 4 is 17.7 Å². The Balaban J connectivity index is 2.24. The van der Waals surface area contributed by atoms with Crippen LogP contribution in [0.2, 0.25) is 0 Å². The Bertz CT molecular complexity index is 332. The second kappa shape index (κ2) is 5.47. The summed E-state index contributed by atoms with van der Waals surface area (Å²) in [6.07, 6.45) is 2.01. The average molecular weight is 240 g/mol. The van der Waals surface area contributed by atoms with E-state index in [4.69, 9.17) is 10.5 Å². The molecule has 6 heteroatoms. The zero-order chi connectivity index (χ0) is 11.4. The minimum Gasteiger partial charge on any atom is -0.378 e. The van der Waals surface area contributed by atoms with Gasteiger partial charge < -0.3 is 15.4 Å². The van der Waals surface area contributed by atoms with Crippen LogP contribution in [0.5, 0.6) is 0 Å². The molecule has 0 aliphatic carbocycles. The molecule has 5 nitrogen and oxygen atoms in total. The molecule has 88 valence electrons. The average Bonchev–Trinajstić information content (AvgIpc) is 2.39. The summed E-state index contributed by atoms with van der Waals surface area (Å²) < 4.78 is 5.31. The lowest BCUT2D eigenvalue weighted by Crippen LogP contribution is -2.37. The Hall–Kier alpha value is -0.850. The highest BCUT2D eigenvalue weighted by Crippen LogP contribution is 2.18. The molecule has 1 aromatic rings. The smallest absolute Gasteiger partial charge is 0.226 e. The van der Waals surface area contributed by atoms with Crippen LogP contribution in [0.3, 0.4) is 0 Å². The van der Waals surface area contributed by atoms with Gasteiger partial charge in [-0.3, -0.25) is 0 Å². The summed E-state index contributed by atoms with van der Waals surface area (Å²) in [6, 6.07) is 1.94. The second-order valence-electron chi connectivity index (χ2n) is 3.51. The summed E-state index contributed by atoms with van der Waals surface area (Å²) >= 11 is 1.61. The molecule has 0 aromatic carbocycles. The molecule has 0 spiro atoms. The van der Waals surface area contributed by atoms with Gasteiger partial charge in [0.05, 0.1) is 18.9 Å². The molecule has 1 fully saturated rings. The van der Waals surface area contributed by atoms with Gasteiger partial charge in [-0.15, -0.1) is 11.8 Å². The van der Waals surface area contributed by atoms with Gasteiger partial charge in [-0.25, -0.2) is 9.97 Å². The third kappa shape index (κ3) is 2.63. The van der Waals surface area contributed by atoms with Crippen LogP contribution in [-0.4, -0.2) is 42.5 Å². The van der Waals surface area contributed by atoms with Gasteiger partial charge in [0, 0.05) is 19.6 Å². The first kappa shape index (κ1) is 11.6. The molecule has 1 saturated heterocycles. The van der Waals surface area contributed by atoms with E-state index in [9.17, 15) is 0 Å². The van der Waals surface area contributed by atoms with E-state index in [-0.39, 0.29) is 0 Å². The number of morpholine rings is 1. The van der Waals surface area contributed by atoms with E-state index in [0.29, 0.717) is 6.54 Å². The molecule has 2 N–H and O–H groups in total. The number of nitrogens with two attached hydrogens (primary N) is 1. The Morgan fingerprint density at radius 2 is 2.19 bits per heavy atom. The molecule has 0 atom stereocenters. The maximum absolute atomic E-state index is 5.63. The van der Waals surface area contributed by atoms with Crippen molar-refractivity contribution in [2.45, 2.75) is 11.6 Å². The molecule has 16 heavy (non-hydrogen) atoms. The summed E-state index contributed by atoms with van der Waals surface area (Å²) in [5.41, 5.74) is 6.52. The molecule has 2 heterocycles. The van der Waals surface area contributed by atoms with Crippen LogP contribution in [0.4, 0.5) is 5.95 Å². The van der Waals surface area contributed by atoms with Gasteiger partial charge in [0.2, 0.25) is 5.95 Å². The van der Waals surface area contributed by atoms with E-state index in [1.807, 2.05) is 12.3 Å². The molecule has 0 saturated carbocycles. The van der Waals surface area contributed by atoms with Crippen molar-refractivity contribution in [1.82, 2.24) is 9.97 Å². The Morgan fingerprint density at radius 1 is 1.44 bits per heavy atom. The highest BCUT2D eigenvalue weighted by molar-refractivity contribution is 7.98. The lowest BCUT2D eigenvalue weighted by molar-refractivity contribution is 0.122. The molecule has 0 bridgehead atoms. The molecule has 1 aromatic heterocycles. The predicted molar refractivity (Wildman–Crippen MR) is 64.7 cm³/mol. The molecule has 1 aliphatic rings. The number of hydrogen-bond acceptors (Lipinski definition) is 6. The monoisotopic (exact) mass is 240 g/mol. The van der Waals surface area contributed by atoms with Gasteiger partial charge in [0.25, 0.3) is 0 Å². The fraction of sp³-hybridized carbons (Fsp3) is 0.600. The van der Waals surface area contributed by atoms with E-state index in [1.165, 1.54) is 0 Å². The van der Waals surface area contributed by atoms with Gasteiger partial charge in [0.15, 0.2) is 0 Å². The Kier molecular flexibility index (Phi) is 3.98. The van der Waals surface area contributed by atoms with Crippen molar-refractivity contribution in [2.24, 2.45) is 5.73 Å². The van der Waals surface area contributed by atoms with E-state index >= 15 is 0 Å². The number of nitrogens with zero attached hydrogens (tertiary/aromatic N) is 3. The van der Waals surface area contributed by atoms with Crippen LogP contribution in [0.25, 0.3) is 0 Å². The fourth-order valence-electron chi connectivity index (χ4n) is 1.57. The van der Waals surface area contributed by atoms with Crippen LogP contribution in [0, 0.1) is 0 Å². The quantitative estimate of drug-likeness (QED) is 0.613. The minimum atomic E-state index is 0.452. The first-order valence-electron chi connectivity index (χ1n) is 5.28. The summed E-state index contributed by atoms with van der Waals surface area (Å²) in [7, 11) is 0. The lowest BCUT2D eigenvalue weighted by atomic mass is 10.4. The molecule has 0 radical (unpaired) electrons. The summed E-state index contributed by atoms with van der Waals surface area (Å²) in [4.78, 5) is 11.1. The minimum absolute atomic E-state index is 0.452. The standard InChI is InChI=1S/C10H16N4OS/c1-16-9-6-8(7-11)12-10(13-9)14-2-4-15-5-3-14/h6H,2-5,7,11H2,1H3. The van der Waals surface area contributed by atoms with Gasteiger partial charge in [-0.05, 0) is 12.3 Å². The van der Waals surface area contributed by atoms with Crippen molar-refractivity contribution < 1.29 is 4.74 Å². The maximum Gasteiger partial charge on any atom is 0.226 e. The summed E-state index contributed by atoms with van der Waals surface area (Å²) in [5, 5.41) is 0.969. The number of anilines is 1. The number of rotatable bonds is 3. The maximum atomic E-state index is 5.63. The predicted octanol–water partition coefficient (Wildman–Crippen LogP) is 0.494. The zero-order valence-electron chi connectivity index (χ0n) is 9.35. The van der Waals surface area contributed by atoms with Crippen molar-refractivity contribution in [3.05, 3.63) is 11.8 Å². The zero-order valence-corrected chi connectivity index (χ0v) is 10.2. The van der Waals surface area contributed by atoms with E-state index < -0.39 is 0 Å². The number of ether oxygens (including phenoxy) is 1. The van der Waals surface area contributed by atoms with Gasteiger partial charge in [0.1, 0.15) is 5.03 Å². The Labute approximate surface area is 99.4 Å². The third-order valence-electron chi connectivity index (χ3n) is 2.46. The molecular weight excluding hydrogens is 224 g/mol. The van der Waals surface area contributed by atoms with E-state index in [1.54, 1.807) is 11.8 Å². The fourth-order valence-corrected chi connectivity index (χ4v) is 2.00. The number of hydrogen-bond donors (Lipinski definition) is 1. The van der Waals surface area contributed by atoms with E-state index in [2.05, 4.69) is 14.9 Å². The van der Waals surface area contributed by atoms with Crippen molar-refractivity contribution in [3.8, 4) is 0 Å². The molecule has 0 unspecified atom stereocenters. The molecular formula is C10H16N4OS. The molecule has 2 rings (SSSR count). The second-order valence-corrected chi connectivity index (χ2v) is 4.33. The normalized spacial score (nSPS) is 16.5. The van der Waals surface area contributed by atoms with Crippen LogP contribution in [-0.2, 0) is 11.3 Å². The largest absolute Gasteiger partial charge is 0.378 e. The SMILES string of the molecule is CSc1cc(CN)nc(N2CCOCC2)n1. The van der Waals surface area contributed by atoms with Crippen LogP contribution in [0.15, 0.2) is 11.1 Å². The lowest BCUT2D eigenvalue weighted by Gasteiger charge is -2.27. The molecule has 0 amide bonds. The third-order valence-corrected chi connectivity index (χ3v) is 3.08. The van der Waals surface area contributed by atoms with Crippen LogP contribution < -0.4 is 10.6 Å².